The topological polar surface area (TPSA) is 61.4 Å². The lowest BCUT2D eigenvalue weighted by Crippen LogP contribution is -2.35. The maximum atomic E-state index is 12.7. The Morgan fingerprint density at radius 2 is 1.81 bits per heavy atom. The number of thiocarbonyl (C=S) groups is 1. The average molecular weight is 446 g/mol. The van der Waals surface area contributed by atoms with Gasteiger partial charge < -0.3 is 10.2 Å². The molecule has 2 aromatic rings. The number of likely N-dealkylation sites (tertiary alicyclic amines) is 1. The first-order chi connectivity index (χ1) is 13.0. The predicted octanol–water partition coefficient (Wildman–Crippen LogP) is 4.12. The molecule has 2 N–H and O–H groups in total. The lowest BCUT2D eigenvalue weighted by Gasteiger charge is -2.18. The third-order valence-corrected chi connectivity index (χ3v) is 5.52. The fraction of sp³-hybridized carbons (Fsp3) is 0.250. The van der Waals surface area contributed by atoms with Crippen LogP contribution in [0.5, 0.6) is 0 Å². The molecule has 0 atom stereocenters. The fourth-order valence-corrected chi connectivity index (χ4v) is 3.51. The van der Waals surface area contributed by atoms with Crippen LogP contribution in [-0.4, -0.2) is 34.9 Å². The number of rotatable bonds is 3. The molecule has 0 aliphatic carbocycles. The van der Waals surface area contributed by atoms with Crippen LogP contribution in [0.1, 0.15) is 39.1 Å². The standard InChI is InChI=1S/C20H20BrN3O2S/c1-13-8-9-14(12-16(13)21)18(25)23-20(27)22-17-7-3-2-6-15(17)19(26)24-10-4-5-11-24/h2-3,6-9,12H,4-5,10-11H2,1H3,(H2,22,23,25,27). The van der Waals surface area contributed by atoms with E-state index in [9.17, 15) is 9.59 Å². The first kappa shape index (κ1) is 19.5. The van der Waals surface area contributed by atoms with Crippen molar-refractivity contribution in [2.24, 2.45) is 0 Å². The van der Waals surface area contributed by atoms with Crippen LogP contribution in [0.4, 0.5) is 5.69 Å². The summed E-state index contributed by atoms with van der Waals surface area (Å²) in [6.45, 7) is 3.50. The van der Waals surface area contributed by atoms with Gasteiger partial charge in [-0.15, -0.1) is 0 Å². The summed E-state index contributed by atoms with van der Waals surface area (Å²) in [6, 6.07) is 12.5. The van der Waals surface area contributed by atoms with E-state index in [0.717, 1.165) is 36.0 Å². The molecule has 0 saturated carbocycles. The molecule has 1 aliphatic rings. The zero-order chi connectivity index (χ0) is 19.4. The van der Waals surface area contributed by atoms with Gasteiger partial charge in [-0.2, -0.15) is 0 Å². The third kappa shape index (κ3) is 4.73. The highest BCUT2D eigenvalue weighted by molar-refractivity contribution is 9.10. The van der Waals surface area contributed by atoms with Gasteiger partial charge in [-0.1, -0.05) is 34.1 Å². The molecule has 0 unspecified atom stereocenters. The molecule has 0 bridgehead atoms. The average Bonchev–Trinajstić information content (AvgIpc) is 3.18. The van der Waals surface area contributed by atoms with Crippen molar-refractivity contribution in [1.82, 2.24) is 10.2 Å². The van der Waals surface area contributed by atoms with Gasteiger partial charge in [-0.3, -0.25) is 14.9 Å². The number of nitrogens with zero attached hydrogens (tertiary/aromatic N) is 1. The highest BCUT2D eigenvalue weighted by Crippen LogP contribution is 2.20. The molecule has 2 amide bonds. The molecule has 0 aromatic heterocycles. The molecular formula is C20H20BrN3O2S. The lowest BCUT2D eigenvalue weighted by atomic mass is 10.1. The Morgan fingerprint density at radius 1 is 1.11 bits per heavy atom. The Hall–Kier alpha value is -2.25. The quantitative estimate of drug-likeness (QED) is 0.697. The second-order valence-electron chi connectivity index (χ2n) is 6.42. The van der Waals surface area contributed by atoms with E-state index in [1.54, 1.807) is 24.3 Å². The highest BCUT2D eigenvalue weighted by atomic mass is 79.9. The van der Waals surface area contributed by atoms with Gasteiger partial charge in [0.25, 0.3) is 11.8 Å². The molecule has 3 rings (SSSR count). The Morgan fingerprint density at radius 3 is 2.52 bits per heavy atom. The van der Waals surface area contributed by atoms with Gasteiger partial charge >= 0.3 is 0 Å². The number of hydrogen-bond acceptors (Lipinski definition) is 3. The summed E-state index contributed by atoms with van der Waals surface area (Å²) in [7, 11) is 0. The molecule has 2 aromatic carbocycles. The second-order valence-corrected chi connectivity index (χ2v) is 7.68. The Balaban J connectivity index is 1.69. The van der Waals surface area contributed by atoms with Crippen LogP contribution in [0.15, 0.2) is 46.9 Å². The van der Waals surface area contributed by atoms with Gasteiger partial charge in [-0.25, -0.2) is 0 Å². The van der Waals surface area contributed by atoms with Gasteiger partial charge in [0.1, 0.15) is 0 Å². The molecule has 7 heteroatoms. The summed E-state index contributed by atoms with van der Waals surface area (Å²) in [5.41, 5.74) is 2.68. The summed E-state index contributed by atoms with van der Waals surface area (Å²) in [6.07, 6.45) is 2.06. The van der Waals surface area contributed by atoms with Crippen LogP contribution in [-0.2, 0) is 0 Å². The minimum atomic E-state index is -0.309. The Labute approximate surface area is 172 Å². The molecule has 1 saturated heterocycles. The van der Waals surface area contributed by atoms with Crippen LogP contribution in [0.2, 0.25) is 0 Å². The number of amides is 2. The molecule has 140 valence electrons. The number of halogens is 1. The van der Waals surface area contributed by atoms with Crippen molar-refractivity contribution in [3.63, 3.8) is 0 Å². The third-order valence-electron chi connectivity index (χ3n) is 4.46. The number of aryl methyl sites for hydroxylation is 1. The predicted molar refractivity (Wildman–Crippen MR) is 114 cm³/mol. The monoisotopic (exact) mass is 445 g/mol. The molecule has 0 radical (unpaired) electrons. The number of hydrogen-bond donors (Lipinski definition) is 2. The molecule has 0 spiro atoms. The van der Waals surface area contributed by atoms with Crippen molar-refractivity contribution in [3.8, 4) is 0 Å². The number of para-hydroxylation sites is 1. The van der Waals surface area contributed by atoms with E-state index in [0.29, 0.717) is 16.8 Å². The maximum absolute atomic E-state index is 12.7. The van der Waals surface area contributed by atoms with E-state index in [4.69, 9.17) is 12.2 Å². The summed E-state index contributed by atoms with van der Waals surface area (Å²) in [5.74, 6) is -0.330. The van der Waals surface area contributed by atoms with Crippen LogP contribution in [0, 0.1) is 6.92 Å². The molecule has 1 heterocycles. The summed E-state index contributed by atoms with van der Waals surface area (Å²) < 4.78 is 0.857. The van der Waals surface area contributed by atoms with Gasteiger partial charge in [0.15, 0.2) is 5.11 Å². The number of carbonyl (C=O) groups is 2. The normalized spacial score (nSPS) is 13.3. The van der Waals surface area contributed by atoms with E-state index in [-0.39, 0.29) is 16.9 Å². The first-order valence-electron chi connectivity index (χ1n) is 8.72. The summed E-state index contributed by atoms with van der Waals surface area (Å²) >= 11 is 8.69. The van der Waals surface area contributed by atoms with Gasteiger partial charge in [0.05, 0.1) is 11.3 Å². The second kappa shape index (κ2) is 8.63. The number of benzene rings is 2. The number of nitrogens with one attached hydrogen (secondary N) is 2. The van der Waals surface area contributed by atoms with Gasteiger partial charge in [0.2, 0.25) is 0 Å². The van der Waals surface area contributed by atoms with Crippen molar-refractivity contribution in [2.45, 2.75) is 19.8 Å². The zero-order valence-corrected chi connectivity index (χ0v) is 17.3. The highest BCUT2D eigenvalue weighted by Gasteiger charge is 2.22. The largest absolute Gasteiger partial charge is 0.339 e. The Bertz CT molecular complexity index is 895. The van der Waals surface area contributed by atoms with Crippen LogP contribution >= 0.6 is 28.1 Å². The summed E-state index contributed by atoms with van der Waals surface area (Å²) in [4.78, 5) is 27.0. The van der Waals surface area contributed by atoms with Crippen molar-refractivity contribution in [3.05, 3.63) is 63.6 Å². The van der Waals surface area contributed by atoms with Crippen molar-refractivity contribution < 1.29 is 9.59 Å². The SMILES string of the molecule is Cc1ccc(C(=O)NC(=S)Nc2ccccc2C(=O)N2CCCC2)cc1Br. The van der Waals surface area contributed by atoms with Crippen molar-refractivity contribution in [1.29, 1.82) is 0 Å². The first-order valence-corrected chi connectivity index (χ1v) is 9.92. The van der Waals surface area contributed by atoms with E-state index in [2.05, 4.69) is 26.6 Å². The Kier molecular flexibility index (Phi) is 6.23. The van der Waals surface area contributed by atoms with Crippen molar-refractivity contribution >= 4 is 50.8 Å². The van der Waals surface area contributed by atoms with E-state index < -0.39 is 0 Å². The molecule has 5 nitrogen and oxygen atoms in total. The number of anilines is 1. The van der Waals surface area contributed by atoms with Crippen LogP contribution in [0.25, 0.3) is 0 Å². The van der Waals surface area contributed by atoms with E-state index in [1.807, 2.05) is 30.0 Å². The van der Waals surface area contributed by atoms with E-state index >= 15 is 0 Å². The molecular weight excluding hydrogens is 426 g/mol. The van der Waals surface area contributed by atoms with Crippen LogP contribution in [0.3, 0.4) is 0 Å². The molecule has 1 aliphatic heterocycles. The smallest absolute Gasteiger partial charge is 0.257 e. The lowest BCUT2D eigenvalue weighted by molar-refractivity contribution is 0.0793. The molecule has 1 fully saturated rings. The zero-order valence-electron chi connectivity index (χ0n) is 14.9. The number of carbonyl (C=O) groups excluding carboxylic acids is 2. The van der Waals surface area contributed by atoms with Gasteiger partial charge in [0, 0.05) is 23.1 Å². The summed E-state index contributed by atoms with van der Waals surface area (Å²) in [5, 5.41) is 5.80. The minimum absolute atomic E-state index is 0.0211. The van der Waals surface area contributed by atoms with Crippen LogP contribution < -0.4 is 10.6 Å². The van der Waals surface area contributed by atoms with Crippen molar-refractivity contribution in [2.75, 3.05) is 18.4 Å². The van der Waals surface area contributed by atoms with E-state index in [1.165, 1.54) is 0 Å². The molecule has 27 heavy (non-hydrogen) atoms. The minimum Gasteiger partial charge on any atom is -0.339 e. The van der Waals surface area contributed by atoms with Gasteiger partial charge in [-0.05, 0) is 61.8 Å². The fourth-order valence-electron chi connectivity index (χ4n) is 2.93. The maximum Gasteiger partial charge on any atom is 0.257 e.